The van der Waals surface area contributed by atoms with Crippen molar-refractivity contribution in [2.75, 3.05) is 13.7 Å². The molecule has 1 aliphatic heterocycles. The molecule has 0 spiro atoms. The first-order valence-electron chi connectivity index (χ1n) is 10.4. The number of rotatable bonds is 6. The third kappa shape index (κ3) is 4.85. The zero-order valence-electron chi connectivity index (χ0n) is 18.3. The van der Waals surface area contributed by atoms with E-state index >= 15 is 0 Å². The summed E-state index contributed by atoms with van der Waals surface area (Å²) < 4.78 is 33.7. The maximum absolute atomic E-state index is 13.1. The molecule has 0 aliphatic carbocycles. The van der Waals surface area contributed by atoms with Crippen LogP contribution in [0.2, 0.25) is 0 Å². The Labute approximate surface area is 197 Å². The Balaban J connectivity index is 1.64. The molecule has 7 nitrogen and oxygen atoms in total. The summed E-state index contributed by atoms with van der Waals surface area (Å²) in [6.07, 6.45) is 0.377. The van der Waals surface area contributed by atoms with Crippen molar-refractivity contribution in [1.82, 2.24) is 9.62 Å². The van der Waals surface area contributed by atoms with Crippen LogP contribution in [0.5, 0.6) is 0 Å². The molecule has 0 radical (unpaired) electrons. The summed E-state index contributed by atoms with van der Waals surface area (Å²) in [6, 6.07) is 16.5. The van der Waals surface area contributed by atoms with E-state index in [-0.39, 0.29) is 28.8 Å². The predicted octanol–water partition coefficient (Wildman–Crippen LogP) is 3.52. The summed E-state index contributed by atoms with van der Waals surface area (Å²) in [6.45, 7) is 2.65. The Morgan fingerprint density at radius 1 is 1.12 bits per heavy atom. The van der Waals surface area contributed by atoms with Crippen molar-refractivity contribution < 1.29 is 22.7 Å². The van der Waals surface area contributed by atoms with Crippen molar-refractivity contribution in [3.8, 4) is 0 Å². The summed E-state index contributed by atoms with van der Waals surface area (Å²) in [5, 5.41) is 0. The summed E-state index contributed by atoms with van der Waals surface area (Å²) in [5.74, 6) is -0.810. The minimum atomic E-state index is -3.97. The van der Waals surface area contributed by atoms with Crippen LogP contribution in [0.3, 0.4) is 0 Å². The van der Waals surface area contributed by atoms with Gasteiger partial charge in [-0.15, -0.1) is 11.3 Å². The molecule has 172 valence electrons. The van der Waals surface area contributed by atoms with Crippen LogP contribution in [0, 0.1) is 6.92 Å². The molecule has 2 heterocycles. The van der Waals surface area contributed by atoms with Gasteiger partial charge in [0.05, 0.1) is 19.2 Å². The fraction of sp³-hybridized carbons (Fsp3) is 0.250. The number of amides is 1. The first-order valence-corrected chi connectivity index (χ1v) is 12.7. The first kappa shape index (κ1) is 23.2. The van der Waals surface area contributed by atoms with Gasteiger partial charge in [-0.3, -0.25) is 4.79 Å². The number of benzene rings is 2. The molecule has 1 N–H and O–H groups in total. The lowest BCUT2D eigenvalue weighted by Crippen LogP contribution is -2.35. The van der Waals surface area contributed by atoms with E-state index in [9.17, 15) is 18.0 Å². The number of hydrogen-bond donors (Lipinski definition) is 1. The lowest BCUT2D eigenvalue weighted by atomic mass is 10.0. The maximum atomic E-state index is 13.1. The molecule has 0 saturated carbocycles. The van der Waals surface area contributed by atoms with Crippen LogP contribution in [0.4, 0.5) is 0 Å². The predicted molar refractivity (Wildman–Crippen MR) is 126 cm³/mol. The normalized spacial score (nSPS) is 13.5. The summed E-state index contributed by atoms with van der Waals surface area (Å²) >= 11 is 1.02. The standard InChI is InChI=1S/C24H24N2O5S2/c1-16-7-6-10-18(13-16)22(27)26-12-11-19-20(15-26)32-24(21(19)23(28)31-2)33(29,30)25-14-17-8-4-3-5-9-17/h3-10,13,25H,11-12,14-15H2,1-2H3. The van der Waals surface area contributed by atoms with Gasteiger partial charge in [-0.05, 0) is 36.6 Å². The molecule has 1 amide bonds. The fourth-order valence-corrected chi connectivity index (χ4v) is 6.81. The van der Waals surface area contributed by atoms with E-state index in [0.29, 0.717) is 29.0 Å². The third-order valence-electron chi connectivity index (χ3n) is 5.52. The number of esters is 1. The zero-order valence-corrected chi connectivity index (χ0v) is 20.0. The van der Waals surface area contributed by atoms with E-state index in [1.165, 1.54) is 7.11 Å². The van der Waals surface area contributed by atoms with Crippen molar-refractivity contribution in [3.63, 3.8) is 0 Å². The van der Waals surface area contributed by atoms with Crippen molar-refractivity contribution >= 4 is 33.2 Å². The highest BCUT2D eigenvalue weighted by Gasteiger charge is 2.35. The van der Waals surface area contributed by atoms with Crippen molar-refractivity contribution in [3.05, 3.63) is 87.3 Å². The Morgan fingerprint density at radius 2 is 1.88 bits per heavy atom. The molecule has 0 bridgehead atoms. The number of ether oxygens (including phenoxy) is 1. The van der Waals surface area contributed by atoms with Crippen LogP contribution < -0.4 is 4.72 Å². The molecule has 9 heteroatoms. The highest BCUT2D eigenvalue weighted by Crippen LogP contribution is 2.37. The van der Waals surface area contributed by atoms with Gasteiger partial charge in [-0.25, -0.2) is 17.9 Å². The molecule has 1 aliphatic rings. The van der Waals surface area contributed by atoms with E-state index in [0.717, 1.165) is 22.5 Å². The van der Waals surface area contributed by atoms with Crippen LogP contribution in [-0.4, -0.2) is 38.8 Å². The SMILES string of the molecule is COC(=O)c1c(S(=O)(=O)NCc2ccccc2)sc2c1CCN(C(=O)c1cccc(C)c1)C2. The lowest BCUT2D eigenvalue weighted by molar-refractivity contribution is 0.0595. The van der Waals surface area contributed by atoms with Crippen molar-refractivity contribution in [2.45, 2.75) is 30.6 Å². The number of nitrogens with one attached hydrogen (secondary N) is 1. The van der Waals surface area contributed by atoms with Crippen LogP contribution in [-0.2, 0) is 34.3 Å². The number of thiophene rings is 1. The minimum absolute atomic E-state index is 0.0693. The Hall–Kier alpha value is -3.01. The summed E-state index contributed by atoms with van der Waals surface area (Å²) in [5.41, 5.74) is 3.08. The van der Waals surface area contributed by atoms with E-state index < -0.39 is 16.0 Å². The Kier molecular flexibility index (Phi) is 6.64. The molecule has 1 aromatic heterocycles. The van der Waals surface area contributed by atoms with Crippen LogP contribution in [0.1, 0.15) is 42.3 Å². The number of hydrogen-bond acceptors (Lipinski definition) is 6. The van der Waals surface area contributed by atoms with E-state index in [1.807, 2.05) is 55.5 Å². The number of fused-ring (bicyclic) bond motifs is 1. The molecule has 3 aromatic rings. The molecule has 33 heavy (non-hydrogen) atoms. The van der Waals surface area contributed by atoms with Gasteiger partial charge < -0.3 is 9.64 Å². The fourth-order valence-electron chi connectivity index (χ4n) is 3.85. The molecular formula is C24H24N2O5S2. The average molecular weight is 485 g/mol. The van der Waals surface area contributed by atoms with E-state index in [1.54, 1.807) is 11.0 Å². The maximum Gasteiger partial charge on any atom is 0.340 e. The molecule has 0 fully saturated rings. The van der Waals surface area contributed by atoms with Gasteiger partial charge in [0.2, 0.25) is 0 Å². The largest absolute Gasteiger partial charge is 0.465 e. The van der Waals surface area contributed by atoms with Gasteiger partial charge in [-0.1, -0.05) is 48.0 Å². The van der Waals surface area contributed by atoms with Gasteiger partial charge in [0.25, 0.3) is 15.9 Å². The topological polar surface area (TPSA) is 92.8 Å². The van der Waals surface area contributed by atoms with E-state index in [4.69, 9.17) is 4.74 Å². The second-order valence-electron chi connectivity index (χ2n) is 7.81. The van der Waals surface area contributed by atoms with Crippen LogP contribution in [0.25, 0.3) is 0 Å². The van der Waals surface area contributed by atoms with Gasteiger partial charge in [0, 0.05) is 23.5 Å². The summed E-state index contributed by atoms with van der Waals surface area (Å²) in [4.78, 5) is 27.9. The Bertz CT molecular complexity index is 1300. The van der Waals surface area contributed by atoms with Crippen molar-refractivity contribution in [2.24, 2.45) is 0 Å². The van der Waals surface area contributed by atoms with Crippen LogP contribution >= 0.6 is 11.3 Å². The van der Waals surface area contributed by atoms with Crippen molar-refractivity contribution in [1.29, 1.82) is 0 Å². The smallest absolute Gasteiger partial charge is 0.340 e. The number of sulfonamides is 1. The van der Waals surface area contributed by atoms with Gasteiger partial charge in [0.15, 0.2) is 0 Å². The Morgan fingerprint density at radius 3 is 2.58 bits per heavy atom. The molecule has 0 saturated heterocycles. The highest BCUT2D eigenvalue weighted by atomic mass is 32.2. The van der Waals surface area contributed by atoms with Gasteiger partial charge >= 0.3 is 5.97 Å². The zero-order chi connectivity index (χ0) is 23.6. The number of carbonyl (C=O) groups excluding carboxylic acids is 2. The number of methoxy groups -OCH3 is 1. The monoisotopic (exact) mass is 484 g/mol. The van der Waals surface area contributed by atoms with Gasteiger partial charge in [0.1, 0.15) is 4.21 Å². The lowest BCUT2D eigenvalue weighted by Gasteiger charge is -2.27. The average Bonchev–Trinajstić information content (AvgIpc) is 3.22. The molecule has 0 unspecified atom stereocenters. The molecular weight excluding hydrogens is 460 g/mol. The third-order valence-corrected chi connectivity index (χ3v) is 8.66. The molecule has 4 rings (SSSR count). The second-order valence-corrected chi connectivity index (χ2v) is 10.9. The quantitative estimate of drug-likeness (QED) is 0.541. The second kappa shape index (κ2) is 9.46. The number of aryl methyl sites for hydroxylation is 1. The number of carbonyl (C=O) groups is 2. The van der Waals surface area contributed by atoms with E-state index in [2.05, 4.69) is 4.72 Å². The molecule has 2 aromatic carbocycles. The van der Waals surface area contributed by atoms with Gasteiger partial charge in [-0.2, -0.15) is 0 Å². The first-order chi connectivity index (χ1) is 15.8. The van der Waals surface area contributed by atoms with Crippen LogP contribution in [0.15, 0.2) is 58.8 Å². The minimum Gasteiger partial charge on any atom is -0.465 e. The summed E-state index contributed by atoms with van der Waals surface area (Å²) in [7, 11) is -2.74. The highest BCUT2D eigenvalue weighted by molar-refractivity contribution is 7.91. The molecule has 0 atom stereocenters. The number of nitrogens with zero attached hydrogens (tertiary/aromatic N) is 1.